The fourth-order valence-electron chi connectivity index (χ4n) is 3.49. The van der Waals surface area contributed by atoms with E-state index in [1.165, 1.54) is 24.4 Å². The minimum Gasteiger partial charge on any atom is -0.490 e. The number of carbonyl (C=O) groups is 1. The van der Waals surface area contributed by atoms with Gasteiger partial charge < -0.3 is 14.8 Å². The zero-order valence-electron chi connectivity index (χ0n) is 21.2. The molecule has 12 heteroatoms. The first-order valence-electron chi connectivity index (χ1n) is 12.0. The van der Waals surface area contributed by atoms with E-state index in [0.29, 0.717) is 40.1 Å². The van der Waals surface area contributed by atoms with E-state index in [9.17, 15) is 22.4 Å². The number of aromatic nitrogens is 1. The first-order chi connectivity index (χ1) is 19.2. The van der Waals surface area contributed by atoms with Gasteiger partial charge in [0.15, 0.2) is 16.6 Å². The van der Waals surface area contributed by atoms with Gasteiger partial charge in [0, 0.05) is 16.6 Å². The number of halogens is 4. The van der Waals surface area contributed by atoms with E-state index in [1.54, 1.807) is 41.8 Å². The lowest BCUT2D eigenvalue weighted by molar-refractivity contribution is -0.137. The summed E-state index contributed by atoms with van der Waals surface area (Å²) in [5.41, 5.74) is 3.35. The van der Waals surface area contributed by atoms with Gasteiger partial charge in [0.05, 0.1) is 30.5 Å². The van der Waals surface area contributed by atoms with Crippen molar-refractivity contribution in [3.63, 3.8) is 0 Å². The number of rotatable bonds is 11. The molecular formula is C28H24F4N4O3S. The summed E-state index contributed by atoms with van der Waals surface area (Å²) in [6.07, 6.45) is -3.10. The summed E-state index contributed by atoms with van der Waals surface area (Å²) in [4.78, 5) is 16.6. The van der Waals surface area contributed by atoms with Crippen LogP contribution in [-0.4, -0.2) is 23.7 Å². The summed E-state index contributed by atoms with van der Waals surface area (Å²) in [6, 6.07) is 16.2. The summed E-state index contributed by atoms with van der Waals surface area (Å²) in [7, 11) is 0. The maximum Gasteiger partial charge on any atom is 0.416 e. The lowest BCUT2D eigenvalue weighted by atomic mass is 10.2. The molecule has 0 saturated carbocycles. The van der Waals surface area contributed by atoms with Crippen molar-refractivity contribution in [3.8, 4) is 11.5 Å². The number of amides is 1. The van der Waals surface area contributed by atoms with Crippen molar-refractivity contribution < 1.29 is 31.8 Å². The largest absolute Gasteiger partial charge is 0.490 e. The van der Waals surface area contributed by atoms with Crippen molar-refractivity contribution in [2.45, 2.75) is 26.1 Å². The second-order valence-corrected chi connectivity index (χ2v) is 9.19. The minimum atomic E-state index is -4.45. The Morgan fingerprint density at radius 2 is 1.88 bits per heavy atom. The average Bonchev–Trinajstić information content (AvgIpc) is 3.35. The third-order valence-corrected chi connectivity index (χ3v) is 6.15. The summed E-state index contributed by atoms with van der Waals surface area (Å²) in [6.45, 7) is 2.23. The number of ether oxygens (including phenoxy) is 2. The second-order valence-electron chi connectivity index (χ2n) is 8.34. The number of nitrogens with zero attached hydrogens (tertiary/aromatic N) is 2. The van der Waals surface area contributed by atoms with Gasteiger partial charge in [-0.2, -0.15) is 18.3 Å². The van der Waals surface area contributed by atoms with E-state index in [2.05, 4.69) is 20.8 Å². The molecule has 1 aromatic heterocycles. The molecule has 0 spiro atoms. The third kappa shape index (κ3) is 8.03. The number of alkyl halides is 3. The molecule has 7 nitrogen and oxygen atoms in total. The predicted molar refractivity (Wildman–Crippen MR) is 145 cm³/mol. The number of thiazole rings is 1. The Kier molecular flexibility index (Phi) is 9.33. The van der Waals surface area contributed by atoms with Crippen molar-refractivity contribution in [2.24, 2.45) is 5.10 Å². The molecule has 4 rings (SSSR count). The van der Waals surface area contributed by atoms with Gasteiger partial charge in [0.1, 0.15) is 12.4 Å². The molecule has 0 unspecified atom stereocenters. The third-order valence-electron chi connectivity index (χ3n) is 5.35. The molecule has 4 aromatic rings. The SMILES string of the molecule is CCOc1cc(/C=N\NC(=O)Cc2csc(Nc3cccc(C(F)(F)F)c3)n2)ccc1OCc1ccccc1F. The van der Waals surface area contributed by atoms with Crippen LogP contribution in [0.1, 0.15) is 29.3 Å². The molecule has 0 atom stereocenters. The molecular weight excluding hydrogens is 548 g/mol. The molecule has 0 aliphatic rings. The topological polar surface area (TPSA) is 84.8 Å². The number of benzene rings is 3. The van der Waals surface area contributed by atoms with Crippen molar-refractivity contribution in [1.82, 2.24) is 10.4 Å². The summed E-state index contributed by atoms with van der Waals surface area (Å²) >= 11 is 1.16. The molecule has 1 amide bonds. The van der Waals surface area contributed by atoms with Crippen molar-refractivity contribution in [3.05, 3.63) is 100 Å². The quantitative estimate of drug-likeness (QED) is 0.119. The molecule has 0 aliphatic carbocycles. The van der Waals surface area contributed by atoms with E-state index in [-0.39, 0.29) is 24.5 Å². The minimum absolute atomic E-state index is 0.0318. The predicted octanol–water partition coefficient (Wildman–Crippen LogP) is 6.72. The average molecular weight is 573 g/mol. The van der Waals surface area contributed by atoms with Gasteiger partial charge in [-0.05, 0) is 55.0 Å². The molecule has 0 fully saturated rings. The highest BCUT2D eigenvalue weighted by Gasteiger charge is 2.30. The van der Waals surface area contributed by atoms with E-state index in [1.807, 2.05) is 6.92 Å². The number of carbonyl (C=O) groups excluding carboxylic acids is 1. The molecule has 0 aliphatic heterocycles. The number of nitrogens with one attached hydrogen (secondary N) is 2. The van der Waals surface area contributed by atoms with E-state index >= 15 is 0 Å². The zero-order valence-corrected chi connectivity index (χ0v) is 22.0. The molecule has 0 saturated heterocycles. The van der Waals surface area contributed by atoms with Crippen LogP contribution in [0.15, 0.2) is 77.2 Å². The van der Waals surface area contributed by atoms with Gasteiger partial charge in [-0.25, -0.2) is 14.8 Å². The van der Waals surface area contributed by atoms with Gasteiger partial charge in [0.2, 0.25) is 5.91 Å². The van der Waals surface area contributed by atoms with Crippen LogP contribution in [0.3, 0.4) is 0 Å². The highest BCUT2D eigenvalue weighted by atomic mass is 32.1. The lowest BCUT2D eigenvalue weighted by Gasteiger charge is -2.13. The fourth-order valence-corrected chi connectivity index (χ4v) is 4.22. The molecule has 3 aromatic carbocycles. The zero-order chi connectivity index (χ0) is 28.5. The highest BCUT2D eigenvalue weighted by Crippen LogP contribution is 2.32. The lowest BCUT2D eigenvalue weighted by Crippen LogP contribution is -2.19. The van der Waals surface area contributed by atoms with Crippen LogP contribution in [0.25, 0.3) is 0 Å². The molecule has 40 heavy (non-hydrogen) atoms. The monoisotopic (exact) mass is 572 g/mol. The molecule has 208 valence electrons. The Morgan fingerprint density at radius 1 is 1.05 bits per heavy atom. The maximum absolute atomic E-state index is 13.9. The van der Waals surface area contributed by atoms with Crippen molar-refractivity contribution in [2.75, 3.05) is 11.9 Å². The standard InChI is InChI=1S/C28H24F4N4O3S/c1-2-38-25-12-18(10-11-24(25)39-16-19-6-3-4-9-23(19)29)15-33-36-26(37)14-22-17-40-27(35-22)34-21-8-5-7-20(13-21)28(30,31)32/h3-13,15,17H,2,14,16H2,1H3,(H,34,35)(H,36,37)/b33-15-. The van der Waals surface area contributed by atoms with Gasteiger partial charge in [-0.1, -0.05) is 24.3 Å². The normalized spacial score (nSPS) is 11.4. The number of hydrazone groups is 1. The Morgan fingerprint density at radius 3 is 2.65 bits per heavy atom. The van der Waals surface area contributed by atoms with Crippen LogP contribution in [-0.2, 0) is 24.0 Å². The van der Waals surface area contributed by atoms with Crippen LogP contribution in [0.4, 0.5) is 28.4 Å². The van der Waals surface area contributed by atoms with Crippen molar-refractivity contribution >= 4 is 34.3 Å². The van der Waals surface area contributed by atoms with Gasteiger partial charge in [-0.15, -0.1) is 11.3 Å². The second kappa shape index (κ2) is 13.1. The highest BCUT2D eigenvalue weighted by molar-refractivity contribution is 7.13. The fraction of sp³-hybridized carbons (Fsp3) is 0.179. The number of hydrogen-bond donors (Lipinski definition) is 2. The Bertz CT molecular complexity index is 1490. The van der Waals surface area contributed by atoms with Gasteiger partial charge in [-0.3, -0.25) is 4.79 Å². The molecule has 0 radical (unpaired) electrons. The molecule has 2 N–H and O–H groups in total. The van der Waals surface area contributed by atoms with Crippen LogP contribution >= 0.6 is 11.3 Å². The Hall–Kier alpha value is -4.45. The first kappa shape index (κ1) is 28.6. The van der Waals surface area contributed by atoms with Gasteiger partial charge >= 0.3 is 6.18 Å². The van der Waals surface area contributed by atoms with E-state index in [0.717, 1.165) is 23.5 Å². The number of anilines is 2. The number of hydrogen-bond acceptors (Lipinski definition) is 7. The maximum atomic E-state index is 13.9. The van der Waals surface area contributed by atoms with Crippen LogP contribution in [0.2, 0.25) is 0 Å². The van der Waals surface area contributed by atoms with Crippen LogP contribution in [0.5, 0.6) is 11.5 Å². The first-order valence-corrected chi connectivity index (χ1v) is 12.9. The summed E-state index contributed by atoms with van der Waals surface area (Å²) < 4.78 is 64.0. The Labute approximate surface area is 231 Å². The van der Waals surface area contributed by atoms with Crippen LogP contribution < -0.4 is 20.2 Å². The summed E-state index contributed by atoms with van der Waals surface area (Å²) in [5.74, 6) is 0.0876. The molecule has 0 bridgehead atoms. The Balaban J connectivity index is 1.31. The van der Waals surface area contributed by atoms with E-state index in [4.69, 9.17) is 9.47 Å². The van der Waals surface area contributed by atoms with Crippen LogP contribution in [0, 0.1) is 5.82 Å². The molecule has 1 heterocycles. The van der Waals surface area contributed by atoms with Crippen molar-refractivity contribution in [1.29, 1.82) is 0 Å². The van der Waals surface area contributed by atoms with Gasteiger partial charge in [0.25, 0.3) is 0 Å². The smallest absolute Gasteiger partial charge is 0.416 e. The van der Waals surface area contributed by atoms with E-state index < -0.39 is 17.6 Å². The summed E-state index contributed by atoms with van der Waals surface area (Å²) in [5, 5.41) is 8.77.